The zero-order valence-electron chi connectivity index (χ0n) is 19.5. The topological polar surface area (TPSA) is 58.6 Å². The maximum absolute atomic E-state index is 13.5. The van der Waals surface area contributed by atoms with Gasteiger partial charge in [0.25, 0.3) is 5.91 Å². The molecule has 0 saturated heterocycles. The van der Waals surface area contributed by atoms with Crippen molar-refractivity contribution in [3.05, 3.63) is 99.0 Å². The molecule has 0 aliphatic rings. The van der Waals surface area contributed by atoms with Gasteiger partial charge in [-0.15, -0.1) is 0 Å². The maximum atomic E-state index is 13.5. The first kappa shape index (κ1) is 26.9. The molecule has 0 fully saturated rings. The Hall–Kier alpha value is -2.73. The number of para-hydroxylation sites is 1. The fourth-order valence-electron chi connectivity index (χ4n) is 3.55. The van der Waals surface area contributed by atoms with E-state index >= 15 is 0 Å². The van der Waals surface area contributed by atoms with Gasteiger partial charge in [-0.05, 0) is 49.2 Å². The number of nitrogens with one attached hydrogen (secondary N) is 1. The zero-order chi connectivity index (χ0) is 25.4. The number of carbonyl (C=O) groups excluding carboxylic acids is 2. The summed E-state index contributed by atoms with van der Waals surface area (Å²) in [5.41, 5.74) is 1.58. The number of hydrogen-bond acceptors (Lipinski definition) is 3. The average molecular weight is 534 g/mol. The monoisotopic (exact) mass is 532 g/mol. The summed E-state index contributed by atoms with van der Waals surface area (Å²) in [5.74, 6) is -0.256. The SMILES string of the molecule is CC(C)NC(=O)[C@@H](Cc1ccccc1)N(Cc1ccc(Cl)cc1Cl)C(=O)COc1ccccc1Cl. The molecule has 0 aromatic heterocycles. The van der Waals surface area contributed by atoms with Crippen molar-refractivity contribution in [3.8, 4) is 5.75 Å². The molecular formula is C27H27Cl3N2O3. The summed E-state index contributed by atoms with van der Waals surface area (Å²) in [6, 6.07) is 20.6. The molecular weight excluding hydrogens is 507 g/mol. The van der Waals surface area contributed by atoms with Crippen molar-refractivity contribution in [2.45, 2.75) is 38.9 Å². The highest BCUT2D eigenvalue weighted by Crippen LogP contribution is 2.26. The van der Waals surface area contributed by atoms with Gasteiger partial charge in [0.05, 0.1) is 5.02 Å². The van der Waals surface area contributed by atoms with Gasteiger partial charge in [0.15, 0.2) is 6.61 Å². The highest BCUT2D eigenvalue weighted by atomic mass is 35.5. The van der Waals surface area contributed by atoms with Gasteiger partial charge >= 0.3 is 0 Å². The number of nitrogens with zero attached hydrogens (tertiary/aromatic N) is 1. The summed E-state index contributed by atoms with van der Waals surface area (Å²) >= 11 is 18.7. The minimum absolute atomic E-state index is 0.101. The van der Waals surface area contributed by atoms with Crippen LogP contribution in [0.4, 0.5) is 0 Å². The van der Waals surface area contributed by atoms with Gasteiger partial charge in [-0.1, -0.05) is 83.3 Å². The van der Waals surface area contributed by atoms with Crippen LogP contribution in [0.15, 0.2) is 72.8 Å². The highest BCUT2D eigenvalue weighted by molar-refractivity contribution is 6.35. The first-order valence-electron chi connectivity index (χ1n) is 11.2. The van der Waals surface area contributed by atoms with E-state index in [2.05, 4.69) is 5.32 Å². The lowest BCUT2D eigenvalue weighted by atomic mass is 10.0. The van der Waals surface area contributed by atoms with Gasteiger partial charge in [-0.25, -0.2) is 0 Å². The Morgan fingerprint density at radius 3 is 2.26 bits per heavy atom. The Balaban J connectivity index is 1.95. The second-order valence-corrected chi connectivity index (χ2v) is 9.60. The van der Waals surface area contributed by atoms with Crippen LogP contribution in [-0.4, -0.2) is 35.4 Å². The molecule has 0 bridgehead atoms. The van der Waals surface area contributed by atoms with Crippen LogP contribution < -0.4 is 10.1 Å². The Kier molecular flexibility index (Phi) is 9.84. The molecule has 2 amide bonds. The number of carbonyl (C=O) groups is 2. The Morgan fingerprint density at radius 1 is 0.914 bits per heavy atom. The average Bonchev–Trinajstić information content (AvgIpc) is 2.82. The van der Waals surface area contributed by atoms with E-state index in [1.54, 1.807) is 42.5 Å². The van der Waals surface area contributed by atoms with Crippen LogP contribution in [0.3, 0.4) is 0 Å². The molecule has 0 unspecified atom stereocenters. The molecule has 184 valence electrons. The van der Waals surface area contributed by atoms with E-state index in [4.69, 9.17) is 39.5 Å². The molecule has 1 atom stereocenters. The lowest BCUT2D eigenvalue weighted by Gasteiger charge is -2.32. The van der Waals surface area contributed by atoms with Crippen molar-refractivity contribution in [3.63, 3.8) is 0 Å². The molecule has 0 radical (unpaired) electrons. The predicted molar refractivity (Wildman–Crippen MR) is 141 cm³/mol. The molecule has 3 rings (SSSR count). The number of hydrogen-bond donors (Lipinski definition) is 1. The van der Waals surface area contributed by atoms with Crippen LogP contribution in [0.25, 0.3) is 0 Å². The van der Waals surface area contributed by atoms with Crippen LogP contribution in [0.5, 0.6) is 5.75 Å². The maximum Gasteiger partial charge on any atom is 0.261 e. The summed E-state index contributed by atoms with van der Waals surface area (Å²) in [4.78, 5) is 28.4. The van der Waals surface area contributed by atoms with Crippen molar-refractivity contribution >= 4 is 46.6 Å². The van der Waals surface area contributed by atoms with Crippen molar-refractivity contribution in [2.75, 3.05) is 6.61 Å². The lowest BCUT2D eigenvalue weighted by Crippen LogP contribution is -2.52. The van der Waals surface area contributed by atoms with Crippen LogP contribution in [0, 0.1) is 0 Å². The molecule has 1 N–H and O–H groups in total. The van der Waals surface area contributed by atoms with Gasteiger partial charge in [-0.2, -0.15) is 0 Å². The number of ether oxygens (including phenoxy) is 1. The molecule has 0 aliphatic carbocycles. The first-order chi connectivity index (χ1) is 16.7. The second-order valence-electron chi connectivity index (χ2n) is 8.35. The molecule has 0 saturated carbocycles. The quantitative estimate of drug-likeness (QED) is 0.338. The normalized spacial score (nSPS) is 11.7. The summed E-state index contributed by atoms with van der Waals surface area (Å²) < 4.78 is 5.72. The van der Waals surface area contributed by atoms with Gasteiger partial charge in [0, 0.05) is 29.1 Å². The van der Waals surface area contributed by atoms with E-state index in [1.807, 2.05) is 44.2 Å². The van der Waals surface area contributed by atoms with Crippen LogP contribution in [0.2, 0.25) is 15.1 Å². The third-order valence-corrected chi connectivity index (χ3v) is 6.14. The highest BCUT2D eigenvalue weighted by Gasteiger charge is 2.31. The molecule has 0 aliphatic heterocycles. The van der Waals surface area contributed by atoms with E-state index in [9.17, 15) is 9.59 Å². The number of amides is 2. The minimum atomic E-state index is -0.797. The Morgan fingerprint density at radius 2 is 1.60 bits per heavy atom. The first-order valence-corrected chi connectivity index (χ1v) is 12.3. The van der Waals surface area contributed by atoms with Gasteiger partial charge in [0.2, 0.25) is 5.91 Å². The minimum Gasteiger partial charge on any atom is -0.482 e. The van der Waals surface area contributed by atoms with Crippen molar-refractivity contribution in [1.82, 2.24) is 10.2 Å². The Bertz CT molecular complexity index is 1160. The fourth-order valence-corrected chi connectivity index (χ4v) is 4.21. The van der Waals surface area contributed by atoms with Crippen LogP contribution in [-0.2, 0) is 22.6 Å². The van der Waals surface area contributed by atoms with E-state index < -0.39 is 6.04 Å². The third-order valence-electron chi connectivity index (χ3n) is 5.25. The van der Waals surface area contributed by atoms with Crippen LogP contribution >= 0.6 is 34.8 Å². The largest absolute Gasteiger partial charge is 0.482 e. The summed E-state index contributed by atoms with van der Waals surface area (Å²) in [6.45, 7) is 3.55. The summed E-state index contributed by atoms with van der Waals surface area (Å²) in [5, 5.41) is 4.23. The third kappa shape index (κ3) is 7.89. The second kappa shape index (κ2) is 12.8. The zero-order valence-corrected chi connectivity index (χ0v) is 21.8. The van der Waals surface area contributed by atoms with E-state index in [0.29, 0.717) is 32.8 Å². The van der Waals surface area contributed by atoms with E-state index in [-0.39, 0.29) is 31.0 Å². The molecule has 3 aromatic rings. The predicted octanol–water partition coefficient (Wildman–Crippen LogP) is 6.19. The molecule has 0 spiro atoms. The standard InChI is InChI=1S/C27H27Cl3N2O3/c1-18(2)31-27(34)24(14-19-8-4-3-5-9-19)32(16-20-12-13-21(28)15-23(20)30)26(33)17-35-25-11-7-6-10-22(25)29/h3-13,15,18,24H,14,16-17H2,1-2H3,(H,31,34)/t24-/m1/s1. The lowest BCUT2D eigenvalue weighted by molar-refractivity contribution is -0.143. The molecule has 3 aromatic carbocycles. The molecule has 0 heterocycles. The summed E-state index contributed by atoms with van der Waals surface area (Å²) in [7, 11) is 0. The molecule has 5 nitrogen and oxygen atoms in total. The van der Waals surface area contributed by atoms with E-state index in [0.717, 1.165) is 5.56 Å². The van der Waals surface area contributed by atoms with E-state index in [1.165, 1.54) is 4.90 Å². The van der Waals surface area contributed by atoms with Crippen molar-refractivity contribution in [1.29, 1.82) is 0 Å². The van der Waals surface area contributed by atoms with Crippen LogP contribution in [0.1, 0.15) is 25.0 Å². The smallest absolute Gasteiger partial charge is 0.261 e. The molecule has 8 heteroatoms. The Labute approximate surface area is 220 Å². The van der Waals surface area contributed by atoms with Crippen molar-refractivity contribution < 1.29 is 14.3 Å². The van der Waals surface area contributed by atoms with Gasteiger partial charge < -0.3 is 15.0 Å². The molecule has 35 heavy (non-hydrogen) atoms. The number of rotatable bonds is 10. The number of halogens is 3. The fraction of sp³-hybridized carbons (Fsp3) is 0.259. The van der Waals surface area contributed by atoms with Crippen molar-refractivity contribution in [2.24, 2.45) is 0 Å². The van der Waals surface area contributed by atoms with Gasteiger partial charge in [-0.3, -0.25) is 9.59 Å². The number of benzene rings is 3. The van der Waals surface area contributed by atoms with Gasteiger partial charge in [0.1, 0.15) is 11.8 Å². The summed E-state index contributed by atoms with van der Waals surface area (Å²) in [6.07, 6.45) is 0.322.